The van der Waals surface area contributed by atoms with Gasteiger partial charge in [-0.25, -0.2) is 13.1 Å². The maximum atomic E-state index is 12.6. The van der Waals surface area contributed by atoms with E-state index in [0.717, 1.165) is 16.7 Å². The highest BCUT2D eigenvalue weighted by Crippen LogP contribution is 2.21. The lowest BCUT2D eigenvalue weighted by atomic mass is 10.1. The SMILES string of the molecule is Cc1ccc(NC(=O)CNS(=O)(=O)c2c(C)cc(C)cc2C)c(C)c1. The molecule has 0 fully saturated rings. The van der Waals surface area contributed by atoms with Crippen LogP contribution in [0.4, 0.5) is 5.69 Å². The topological polar surface area (TPSA) is 75.3 Å². The smallest absolute Gasteiger partial charge is 0.241 e. The summed E-state index contributed by atoms with van der Waals surface area (Å²) in [7, 11) is -3.75. The first-order valence-electron chi connectivity index (χ1n) is 8.05. The van der Waals surface area contributed by atoms with Crippen LogP contribution in [0.15, 0.2) is 35.2 Å². The maximum Gasteiger partial charge on any atom is 0.241 e. The molecule has 0 heterocycles. The third-order valence-corrected chi connectivity index (χ3v) is 5.66. The van der Waals surface area contributed by atoms with Gasteiger partial charge in [-0.2, -0.15) is 0 Å². The second kappa shape index (κ2) is 7.37. The van der Waals surface area contributed by atoms with Crippen molar-refractivity contribution >= 4 is 21.6 Å². The molecule has 0 aromatic heterocycles. The third-order valence-electron chi connectivity index (χ3n) is 3.95. The number of hydrogen-bond acceptors (Lipinski definition) is 3. The number of aryl methyl sites for hydroxylation is 5. The highest BCUT2D eigenvalue weighted by Gasteiger charge is 2.20. The molecule has 25 heavy (non-hydrogen) atoms. The maximum absolute atomic E-state index is 12.6. The number of carbonyl (C=O) groups is 1. The highest BCUT2D eigenvalue weighted by molar-refractivity contribution is 7.89. The second-order valence-electron chi connectivity index (χ2n) is 6.42. The molecule has 0 saturated carbocycles. The Morgan fingerprint density at radius 2 is 1.44 bits per heavy atom. The van der Waals surface area contributed by atoms with E-state index in [-0.39, 0.29) is 11.4 Å². The fourth-order valence-corrected chi connectivity index (χ4v) is 4.40. The molecular formula is C19H24N2O3S. The van der Waals surface area contributed by atoms with E-state index in [2.05, 4.69) is 10.0 Å². The lowest BCUT2D eigenvalue weighted by Crippen LogP contribution is -2.33. The molecule has 0 spiro atoms. The number of carbonyl (C=O) groups excluding carboxylic acids is 1. The molecule has 134 valence electrons. The lowest BCUT2D eigenvalue weighted by Gasteiger charge is -2.14. The Morgan fingerprint density at radius 3 is 2.00 bits per heavy atom. The van der Waals surface area contributed by atoms with Gasteiger partial charge in [0.05, 0.1) is 11.4 Å². The monoisotopic (exact) mass is 360 g/mol. The van der Waals surface area contributed by atoms with Gasteiger partial charge in [-0.3, -0.25) is 4.79 Å². The van der Waals surface area contributed by atoms with E-state index in [4.69, 9.17) is 0 Å². The third kappa shape index (κ3) is 4.67. The fourth-order valence-electron chi connectivity index (χ4n) is 2.97. The summed E-state index contributed by atoms with van der Waals surface area (Å²) in [6.07, 6.45) is 0. The van der Waals surface area contributed by atoms with Crippen LogP contribution in [0.25, 0.3) is 0 Å². The van der Waals surface area contributed by atoms with Gasteiger partial charge < -0.3 is 5.32 Å². The van der Waals surface area contributed by atoms with Crippen LogP contribution in [-0.4, -0.2) is 20.9 Å². The molecule has 0 radical (unpaired) electrons. The number of amides is 1. The molecule has 0 atom stereocenters. The molecule has 0 aliphatic heterocycles. The summed E-state index contributed by atoms with van der Waals surface area (Å²) in [6.45, 7) is 8.98. The standard InChI is InChI=1S/C19H24N2O3S/c1-12-6-7-17(14(3)8-12)21-18(22)11-20-25(23,24)19-15(4)9-13(2)10-16(19)5/h6-10,20H,11H2,1-5H3,(H,21,22). The van der Waals surface area contributed by atoms with Crippen molar-refractivity contribution in [2.45, 2.75) is 39.5 Å². The molecule has 2 N–H and O–H groups in total. The van der Waals surface area contributed by atoms with Crippen molar-refractivity contribution in [1.82, 2.24) is 4.72 Å². The Kier molecular flexibility index (Phi) is 5.65. The van der Waals surface area contributed by atoms with E-state index < -0.39 is 15.9 Å². The van der Waals surface area contributed by atoms with Gasteiger partial charge in [-0.05, 0) is 57.4 Å². The summed E-state index contributed by atoms with van der Waals surface area (Å²) < 4.78 is 27.5. The Morgan fingerprint density at radius 1 is 0.880 bits per heavy atom. The zero-order chi connectivity index (χ0) is 18.8. The van der Waals surface area contributed by atoms with Crippen LogP contribution in [0.1, 0.15) is 27.8 Å². The van der Waals surface area contributed by atoms with Gasteiger partial charge in [0.1, 0.15) is 0 Å². The van der Waals surface area contributed by atoms with Crippen LogP contribution in [0, 0.1) is 34.6 Å². The Bertz CT molecular complexity index is 895. The predicted molar refractivity (Wildman–Crippen MR) is 100 cm³/mol. The Hall–Kier alpha value is -2.18. The Balaban J connectivity index is 2.11. The van der Waals surface area contributed by atoms with Gasteiger partial charge in [0.25, 0.3) is 0 Å². The Labute approximate surface area is 149 Å². The molecule has 1 amide bonds. The van der Waals surface area contributed by atoms with Crippen LogP contribution in [-0.2, 0) is 14.8 Å². The number of hydrogen-bond donors (Lipinski definition) is 2. The lowest BCUT2D eigenvalue weighted by molar-refractivity contribution is -0.115. The molecule has 0 aliphatic carbocycles. The fraction of sp³-hybridized carbons (Fsp3) is 0.316. The summed E-state index contributed by atoms with van der Waals surface area (Å²) >= 11 is 0. The van der Waals surface area contributed by atoms with E-state index in [1.807, 2.05) is 51.1 Å². The van der Waals surface area contributed by atoms with Gasteiger partial charge >= 0.3 is 0 Å². The van der Waals surface area contributed by atoms with Gasteiger partial charge in [0.2, 0.25) is 15.9 Å². The zero-order valence-electron chi connectivity index (χ0n) is 15.2. The van der Waals surface area contributed by atoms with Crippen LogP contribution < -0.4 is 10.0 Å². The zero-order valence-corrected chi connectivity index (χ0v) is 16.0. The van der Waals surface area contributed by atoms with Gasteiger partial charge in [0.15, 0.2) is 0 Å². The molecule has 0 saturated heterocycles. The van der Waals surface area contributed by atoms with Crippen molar-refractivity contribution in [2.75, 3.05) is 11.9 Å². The molecular weight excluding hydrogens is 336 g/mol. The largest absolute Gasteiger partial charge is 0.325 e. The van der Waals surface area contributed by atoms with Crippen molar-refractivity contribution in [2.24, 2.45) is 0 Å². The average molecular weight is 360 g/mol. The quantitative estimate of drug-likeness (QED) is 0.860. The van der Waals surface area contributed by atoms with Crippen LogP contribution in [0.5, 0.6) is 0 Å². The van der Waals surface area contributed by atoms with E-state index in [1.54, 1.807) is 13.8 Å². The van der Waals surface area contributed by atoms with E-state index in [1.165, 1.54) is 0 Å². The van der Waals surface area contributed by atoms with Gasteiger partial charge in [-0.1, -0.05) is 35.4 Å². The molecule has 5 nitrogen and oxygen atoms in total. The summed E-state index contributed by atoms with van der Waals surface area (Å²) in [5, 5.41) is 2.73. The number of sulfonamides is 1. The van der Waals surface area contributed by atoms with Crippen LogP contribution in [0.2, 0.25) is 0 Å². The van der Waals surface area contributed by atoms with E-state index in [9.17, 15) is 13.2 Å². The average Bonchev–Trinajstić information content (AvgIpc) is 2.47. The number of rotatable bonds is 5. The molecule has 6 heteroatoms. The molecule has 2 aromatic rings. The number of anilines is 1. The van der Waals surface area contributed by atoms with Gasteiger partial charge in [0, 0.05) is 5.69 Å². The first kappa shape index (κ1) is 19.1. The van der Waals surface area contributed by atoms with Crippen LogP contribution >= 0.6 is 0 Å². The first-order valence-corrected chi connectivity index (χ1v) is 9.53. The normalized spacial score (nSPS) is 11.4. The van der Waals surface area contributed by atoms with Crippen molar-refractivity contribution in [3.05, 3.63) is 58.1 Å². The van der Waals surface area contributed by atoms with Crippen molar-refractivity contribution in [3.63, 3.8) is 0 Å². The second-order valence-corrected chi connectivity index (χ2v) is 8.12. The minimum atomic E-state index is -3.75. The number of nitrogens with one attached hydrogen (secondary N) is 2. The van der Waals surface area contributed by atoms with Crippen LogP contribution in [0.3, 0.4) is 0 Å². The predicted octanol–water partition coefficient (Wildman–Crippen LogP) is 3.15. The highest BCUT2D eigenvalue weighted by atomic mass is 32.2. The molecule has 0 bridgehead atoms. The summed E-state index contributed by atoms with van der Waals surface area (Å²) in [4.78, 5) is 12.3. The summed E-state index contributed by atoms with van der Waals surface area (Å²) in [5.74, 6) is -0.405. The minimum absolute atomic E-state index is 0.234. The van der Waals surface area contributed by atoms with E-state index >= 15 is 0 Å². The summed E-state index contributed by atoms with van der Waals surface area (Å²) in [5.41, 5.74) is 5.04. The molecule has 2 rings (SSSR count). The van der Waals surface area contributed by atoms with Crippen molar-refractivity contribution < 1.29 is 13.2 Å². The molecule has 2 aromatic carbocycles. The summed E-state index contributed by atoms with van der Waals surface area (Å²) in [6, 6.07) is 9.30. The van der Waals surface area contributed by atoms with Crippen molar-refractivity contribution in [1.29, 1.82) is 0 Å². The molecule has 0 aliphatic rings. The minimum Gasteiger partial charge on any atom is -0.325 e. The van der Waals surface area contributed by atoms with Gasteiger partial charge in [-0.15, -0.1) is 0 Å². The van der Waals surface area contributed by atoms with Crippen molar-refractivity contribution in [3.8, 4) is 0 Å². The number of benzene rings is 2. The first-order chi connectivity index (χ1) is 11.6. The van der Waals surface area contributed by atoms with E-state index in [0.29, 0.717) is 16.8 Å². The molecule has 0 unspecified atom stereocenters.